The fraction of sp³-hybridized carbons (Fsp3) is 0.0714. The molecule has 0 aromatic heterocycles. The first-order valence-electron chi connectivity index (χ1n) is 5.74. The molecule has 104 valence electrons. The van der Waals surface area contributed by atoms with Gasteiger partial charge in [-0.3, -0.25) is 4.79 Å². The Morgan fingerprint density at radius 3 is 2.55 bits per heavy atom. The highest BCUT2D eigenvalue weighted by atomic mass is 79.9. The van der Waals surface area contributed by atoms with Gasteiger partial charge in [0.25, 0.3) is 0 Å². The molecule has 6 heteroatoms. The van der Waals surface area contributed by atoms with Crippen LogP contribution in [0.25, 0.3) is 0 Å². The van der Waals surface area contributed by atoms with Crippen LogP contribution in [-0.2, 0) is 6.54 Å². The Kier molecular flexibility index (Phi) is 4.34. The fourth-order valence-corrected chi connectivity index (χ4v) is 2.03. The highest BCUT2D eigenvalue weighted by molar-refractivity contribution is 9.10. The van der Waals surface area contributed by atoms with Gasteiger partial charge in [-0.15, -0.1) is 0 Å². The maximum atomic E-state index is 13.7. The number of primary amides is 1. The molecule has 0 saturated heterocycles. The Morgan fingerprint density at radius 2 is 1.90 bits per heavy atom. The second kappa shape index (κ2) is 6.00. The number of hydrogen-bond donors (Lipinski definition) is 2. The summed E-state index contributed by atoms with van der Waals surface area (Å²) in [7, 11) is 0. The van der Waals surface area contributed by atoms with E-state index in [1.54, 1.807) is 12.1 Å². The van der Waals surface area contributed by atoms with Crippen molar-refractivity contribution in [1.29, 1.82) is 0 Å². The first-order valence-corrected chi connectivity index (χ1v) is 6.54. The molecule has 3 nitrogen and oxygen atoms in total. The van der Waals surface area contributed by atoms with Gasteiger partial charge in [-0.2, -0.15) is 0 Å². The smallest absolute Gasteiger partial charge is 0.248 e. The van der Waals surface area contributed by atoms with Crippen LogP contribution in [0.3, 0.4) is 0 Å². The zero-order chi connectivity index (χ0) is 14.7. The van der Waals surface area contributed by atoms with Crippen LogP contribution in [-0.4, -0.2) is 5.91 Å². The number of benzene rings is 2. The van der Waals surface area contributed by atoms with E-state index >= 15 is 0 Å². The van der Waals surface area contributed by atoms with Crippen molar-refractivity contribution in [2.45, 2.75) is 6.54 Å². The summed E-state index contributed by atoms with van der Waals surface area (Å²) in [6.07, 6.45) is 0. The Balaban J connectivity index is 2.15. The van der Waals surface area contributed by atoms with E-state index in [0.29, 0.717) is 10.0 Å². The van der Waals surface area contributed by atoms with Gasteiger partial charge < -0.3 is 11.1 Å². The van der Waals surface area contributed by atoms with Gasteiger partial charge in [0.2, 0.25) is 5.91 Å². The minimum atomic E-state index is -0.693. The van der Waals surface area contributed by atoms with Gasteiger partial charge >= 0.3 is 0 Å². The SMILES string of the molecule is NC(=O)c1ccc(CNc2cc(Br)ccc2F)c(F)c1. The summed E-state index contributed by atoms with van der Waals surface area (Å²) < 4.78 is 28.0. The van der Waals surface area contributed by atoms with Crippen molar-refractivity contribution < 1.29 is 13.6 Å². The molecule has 0 aliphatic rings. The first-order chi connectivity index (χ1) is 9.47. The zero-order valence-electron chi connectivity index (χ0n) is 10.3. The van der Waals surface area contributed by atoms with Crippen molar-refractivity contribution in [3.05, 3.63) is 63.6 Å². The molecule has 0 unspecified atom stereocenters. The third-order valence-corrected chi connectivity index (χ3v) is 3.23. The largest absolute Gasteiger partial charge is 0.378 e. The van der Waals surface area contributed by atoms with Crippen LogP contribution in [0.5, 0.6) is 0 Å². The normalized spacial score (nSPS) is 10.3. The number of carbonyl (C=O) groups is 1. The summed E-state index contributed by atoms with van der Waals surface area (Å²) in [6, 6.07) is 8.38. The quantitative estimate of drug-likeness (QED) is 0.895. The number of hydrogen-bond acceptors (Lipinski definition) is 2. The van der Waals surface area contributed by atoms with Crippen LogP contribution >= 0.6 is 15.9 Å². The van der Waals surface area contributed by atoms with Crippen LogP contribution < -0.4 is 11.1 Å². The van der Waals surface area contributed by atoms with Crippen molar-refractivity contribution in [3.8, 4) is 0 Å². The van der Waals surface area contributed by atoms with Crippen LogP contribution in [0.1, 0.15) is 15.9 Å². The lowest BCUT2D eigenvalue weighted by Crippen LogP contribution is -2.12. The second-order valence-electron chi connectivity index (χ2n) is 4.15. The molecule has 0 heterocycles. The summed E-state index contributed by atoms with van der Waals surface area (Å²) in [5.41, 5.74) is 5.73. The molecule has 0 aliphatic heterocycles. The van der Waals surface area contributed by atoms with Crippen LogP contribution in [0, 0.1) is 11.6 Å². The predicted octanol–water partition coefficient (Wildman–Crippen LogP) is 3.44. The molecular formula is C14H11BrF2N2O. The van der Waals surface area contributed by atoms with Crippen molar-refractivity contribution in [2.75, 3.05) is 5.32 Å². The molecular weight excluding hydrogens is 330 g/mol. The predicted molar refractivity (Wildman–Crippen MR) is 76.3 cm³/mol. The zero-order valence-corrected chi connectivity index (χ0v) is 11.9. The topological polar surface area (TPSA) is 55.1 Å². The molecule has 2 aromatic carbocycles. The highest BCUT2D eigenvalue weighted by Gasteiger charge is 2.08. The lowest BCUT2D eigenvalue weighted by molar-refractivity contribution is 0.1000. The summed E-state index contributed by atoms with van der Waals surface area (Å²) >= 11 is 3.23. The number of amides is 1. The van der Waals surface area contributed by atoms with Crippen molar-refractivity contribution in [3.63, 3.8) is 0 Å². The van der Waals surface area contributed by atoms with Gasteiger partial charge in [0, 0.05) is 22.1 Å². The van der Waals surface area contributed by atoms with E-state index in [0.717, 1.165) is 6.07 Å². The van der Waals surface area contributed by atoms with Gasteiger partial charge in [0.05, 0.1) is 5.69 Å². The van der Waals surface area contributed by atoms with Crippen LogP contribution in [0.15, 0.2) is 40.9 Å². The van der Waals surface area contributed by atoms with Gasteiger partial charge in [-0.1, -0.05) is 22.0 Å². The molecule has 0 bridgehead atoms. The number of anilines is 1. The fourth-order valence-electron chi connectivity index (χ4n) is 1.67. The van der Waals surface area contributed by atoms with E-state index in [-0.39, 0.29) is 17.8 Å². The van der Waals surface area contributed by atoms with Crippen LogP contribution in [0.2, 0.25) is 0 Å². The lowest BCUT2D eigenvalue weighted by Gasteiger charge is -2.09. The van der Waals surface area contributed by atoms with Crippen LogP contribution in [0.4, 0.5) is 14.5 Å². The van der Waals surface area contributed by atoms with E-state index in [9.17, 15) is 13.6 Å². The Labute approximate surface area is 122 Å². The molecule has 0 aliphatic carbocycles. The Bertz CT molecular complexity index is 662. The van der Waals surface area contributed by atoms with E-state index < -0.39 is 17.5 Å². The minimum absolute atomic E-state index is 0.0955. The van der Waals surface area contributed by atoms with Gasteiger partial charge in [-0.25, -0.2) is 8.78 Å². The summed E-state index contributed by atoms with van der Waals surface area (Å²) in [4.78, 5) is 10.9. The van der Waals surface area contributed by atoms with E-state index in [2.05, 4.69) is 21.2 Å². The minimum Gasteiger partial charge on any atom is -0.378 e. The molecule has 0 atom stereocenters. The van der Waals surface area contributed by atoms with Gasteiger partial charge in [-0.05, 0) is 30.3 Å². The Morgan fingerprint density at radius 1 is 1.15 bits per heavy atom. The summed E-state index contributed by atoms with van der Waals surface area (Å²) in [5.74, 6) is -1.69. The lowest BCUT2D eigenvalue weighted by atomic mass is 10.1. The number of nitrogens with two attached hydrogens (primary N) is 1. The summed E-state index contributed by atoms with van der Waals surface area (Å²) in [5, 5.41) is 2.80. The molecule has 0 radical (unpaired) electrons. The Hall–Kier alpha value is -1.95. The monoisotopic (exact) mass is 340 g/mol. The molecule has 2 rings (SSSR count). The molecule has 0 fully saturated rings. The van der Waals surface area contributed by atoms with Crippen molar-refractivity contribution in [2.24, 2.45) is 5.73 Å². The molecule has 3 N–H and O–H groups in total. The molecule has 20 heavy (non-hydrogen) atoms. The van der Waals surface area contributed by atoms with Crippen molar-refractivity contribution in [1.82, 2.24) is 0 Å². The molecule has 1 amide bonds. The van der Waals surface area contributed by atoms with E-state index in [4.69, 9.17) is 5.73 Å². The third kappa shape index (κ3) is 3.33. The molecule has 0 spiro atoms. The van der Waals surface area contributed by atoms with E-state index in [1.807, 2.05) is 0 Å². The number of halogens is 3. The second-order valence-corrected chi connectivity index (χ2v) is 5.06. The summed E-state index contributed by atoms with van der Waals surface area (Å²) in [6.45, 7) is 0.0955. The molecule has 0 saturated carbocycles. The van der Waals surface area contributed by atoms with Crippen molar-refractivity contribution >= 4 is 27.5 Å². The third-order valence-electron chi connectivity index (χ3n) is 2.74. The van der Waals surface area contributed by atoms with Gasteiger partial charge in [0.15, 0.2) is 0 Å². The maximum absolute atomic E-state index is 13.7. The maximum Gasteiger partial charge on any atom is 0.248 e. The molecule has 2 aromatic rings. The average Bonchev–Trinajstić information content (AvgIpc) is 2.40. The number of rotatable bonds is 4. The van der Waals surface area contributed by atoms with Gasteiger partial charge in [0.1, 0.15) is 11.6 Å². The number of nitrogens with one attached hydrogen (secondary N) is 1. The average molecular weight is 341 g/mol. The standard InChI is InChI=1S/C14H11BrF2N2O/c15-10-3-4-11(16)13(6-10)19-7-9-2-1-8(14(18)20)5-12(9)17/h1-6,19H,7H2,(H2,18,20). The highest BCUT2D eigenvalue weighted by Crippen LogP contribution is 2.21. The first kappa shape index (κ1) is 14.5. The van der Waals surface area contributed by atoms with E-state index in [1.165, 1.54) is 18.2 Å². The number of carbonyl (C=O) groups excluding carboxylic acids is 1.